The number of anilines is 1. The van der Waals surface area contributed by atoms with E-state index in [1.165, 1.54) is 32.1 Å². The van der Waals surface area contributed by atoms with Gasteiger partial charge in [-0.05, 0) is 80.6 Å². The molecule has 0 unspecified atom stereocenters. The number of benzene rings is 3. The van der Waals surface area contributed by atoms with Crippen LogP contribution in [0.1, 0.15) is 83.7 Å². The number of nitrogens with one attached hydrogen (secondary N) is 2. The first-order chi connectivity index (χ1) is 20.0. The maximum absolute atomic E-state index is 13.5. The average molecular weight is 551 g/mol. The lowest BCUT2D eigenvalue weighted by Gasteiger charge is -2.40. The van der Waals surface area contributed by atoms with Crippen LogP contribution >= 0.6 is 0 Å². The number of ether oxygens (including phenoxy) is 1. The lowest BCUT2D eigenvalue weighted by molar-refractivity contribution is -0.125. The zero-order valence-corrected chi connectivity index (χ0v) is 23.2. The first-order valence-corrected chi connectivity index (χ1v) is 14.4. The molecule has 2 saturated carbocycles. The Morgan fingerprint density at radius 1 is 0.878 bits per heavy atom. The van der Waals surface area contributed by atoms with E-state index in [1.54, 1.807) is 24.3 Å². The summed E-state index contributed by atoms with van der Waals surface area (Å²) < 4.78 is 6.78. The molecule has 8 heteroatoms. The molecule has 0 atom stereocenters. The van der Waals surface area contributed by atoms with Crippen molar-refractivity contribution in [2.24, 2.45) is 0 Å². The summed E-state index contributed by atoms with van der Waals surface area (Å²) in [6, 6.07) is 22.3. The molecule has 0 saturated heterocycles. The molecular weight excluding hydrogens is 516 g/mol. The van der Waals surface area contributed by atoms with Gasteiger partial charge in [-0.2, -0.15) is 5.10 Å². The third-order valence-corrected chi connectivity index (χ3v) is 8.52. The van der Waals surface area contributed by atoms with E-state index in [0.29, 0.717) is 35.6 Å². The number of fused-ring (bicyclic) bond motifs is 1. The second kappa shape index (κ2) is 11.2. The van der Waals surface area contributed by atoms with E-state index in [1.807, 2.05) is 36.4 Å². The molecule has 6 rings (SSSR count). The van der Waals surface area contributed by atoms with Crippen LogP contribution in [0.15, 0.2) is 72.8 Å². The second-order valence-corrected chi connectivity index (χ2v) is 11.1. The molecule has 0 spiro atoms. The lowest BCUT2D eigenvalue weighted by atomic mass is 9.75. The fourth-order valence-corrected chi connectivity index (χ4v) is 6.07. The number of aromatic nitrogens is 2. The Morgan fingerprint density at radius 3 is 2.24 bits per heavy atom. The van der Waals surface area contributed by atoms with Gasteiger partial charge in [-0.3, -0.25) is 9.59 Å². The molecule has 41 heavy (non-hydrogen) atoms. The lowest BCUT2D eigenvalue weighted by Crippen LogP contribution is -2.61. The predicted molar refractivity (Wildman–Crippen MR) is 157 cm³/mol. The van der Waals surface area contributed by atoms with Gasteiger partial charge in [-0.15, -0.1) is 0 Å². The molecule has 8 nitrogen and oxygen atoms in total. The van der Waals surface area contributed by atoms with Gasteiger partial charge in [0.05, 0.1) is 29.6 Å². The summed E-state index contributed by atoms with van der Waals surface area (Å²) in [4.78, 5) is 38.5. The van der Waals surface area contributed by atoms with Crippen molar-refractivity contribution >= 4 is 34.4 Å². The highest BCUT2D eigenvalue weighted by Crippen LogP contribution is 2.38. The van der Waals surface area contributed by atoms with Gasteiger partial charge in [-0.25, -0.2) is 9.48 Å². The van der Waals surface area contributed by atoms with Gasteiger partial charge in [0.1, 0.15) is 5.54 Å². The van der Waals surface area contributed by atoms with Crippen molar-refractivity contribution in [3.63, 3.8) is 0 Å². The Labute approximate surface area is 239 Å². The first kappa shape index (κ1) is 26.7. The number of esters is 1. The minimum Gasteiger partial charge on any atom is -0.465 e. The molecule has 3 aromatic carbocycles. The first-order valence-electron chi connectivity index (χ1n) is 14.4. The van der Waals surface area contributed by atoms with Crippen LogP contribution in [0.2, 0.25) is 0 Å². The summed E-state index contributed by atoms with van der Waals surface area (Å²) in [6.07, 6.45) is 7.94. The van der Waals surface area contributed by atoms with Crippen LogP contribution in [-0.2, 0) is 9.53 Å². The Balaban J connectivity index is 1.24. The van der Waals surface area contributed by atoms with Gasteiger partial charge in [0.15, 0.2) is 0 Å². The van der Waals surface area contributed by atoms with E-state index in [4.69, 9.17) is 9.84 Å². The highest BCUT2D eigenvalue weighted by Gasteiger charge is 2.45. The van der Waals surface area contributed by atoms with Crippen LogP contribution in [0.3, 0.4) is 0 Å². The zero-order valence-electron chi connectivity index (χ0n) is 23.2. The minimum atomic E-state index is -0.982. The molecule has 4 aromatic rings. The zero-order chi connectivity index (χ0) is 28.4. The van der Waals surface area contributed by atoms with E-state index in [0.717, 1.165) is 35.9 Å². The van der Waals surface area contributed by atoms with Crippen molar-refractivity contribution in [2.75, 3.05) is 12.4 Å². The van der Waals surface area contributed by atoms with Crippen LogP contribution in [0.25, 0.3) is 16.6 Å². The van der Waals surface area contributed by atoms with Crippen LogP contribution in [-0.4, -0.2) is 40.2 Å². The van der Waals surface area contributed by atoms with Crippen molar-refractivity contribution in [3.8, 4) is 5.69 Å². The normalized spacial score (nSPS) is 16.5. The largest absolute Gasteiger partial charge is 0.465 e. The number of carbonyl (C=O) groups excluding carboxylic acids is 3. The Morgan fingerprint density at radius 2 is 1.59 bits per heavy atom. The number of carbonyl (C=O) groups is 3. The molecule has 1 aromatic heterocycles. The number of nitrogens with zero attached hydrogens (tertiary/aromatic N) is 2. The number of amides is 2. The van der Waals surface area contributed by atoms with Crippen molar-refractivity contribution < 1.29 is 19.1 Å². The smallest absolute Gasteiger partial charge is 0.337 e. The van der Waals surface area contributed by atoms with Crippen LogP contribution in [0, 0.1) is 0 Å². The summed E-state index contributed by atoms with van der Waals surface area (Å²) in [6.45, 7) is 0. The fraction of sp³-hybridized carbons (Fsp3) is 0.333. The number of rotatable bonds is 7. The highest BCUT2D eigenvalue weighted by atomic mass is 16.5. The number of hydrogen-bond donors (Lipinski definition) is 2. The standard InChI is InChI=1S/C33H34N4O4/c1-41-31(39)23-13-16-25(17-14-23)34-32(40)33(19-8-20-33)35-30(38)24-15-18-27-28(21-24)36-37(26-11-6-3-7-12-26)29(27)22-9-4-2-5-10-22/h3,6-7,11-18,21-22H,2,4-5,8-10,19-20H2,1H3,(H,34,40)(H,35,38). The van der Waals surface area contributed by atoms with E-state index >= 15 is 0 Å². The molecule has 2 N–H and O–H groups in total. The van der Waals surface area contributed by atoms with Crippen LogP contribution < -0.4 is 10.6 Å². The van der Waals surface area contributed by atoms with E-state index in [2.05, 4.69) is 27.4 Å². The summed E-state index contributed by atoms with van der Waals surface area (Å²) in [7, 11) is 1.32. The molecule has 2 aliphatic rings. The summed E-state index contributed by atoms with van der Waals surface area (Å²) in [5.41, 5.74) is 3.45. The van der Waals surface area contributed by atoms with Gasteiger partial charge in [0.2, 0.25) is 5.91 Å². The number of methoxy groups -OCH3 is 1. The molecule has 0 radical (unpaired) electrons. The third kappa shape index (κ3) is 5.22. The van der Waals surface area contributed by atoms with Crippen molar-refractivity contribution in [1.82, 2.24) is 15.1 Å². The summed E-state index contributed by atoms with van der Waals surface area (Å²) in [5, 5.41) is 12.0. The fourth-order valence-electron chi connectivity index (χ4n) is 6.07. The predicted octanol–water partition coefficient (Wildman–Crippen LogP) is 6.15. The van der Waals surface area contributed by atoms with Crippen molar-refractivity contribution in [2.45, 2.75) is 62.8 Å². The summed E-state index contributed by atoms with van der Waals surface area (Å²) >= 11 is 0. The second-order valence-electron chi connectivity index (χ2n) is 11.1. The Hall–Kier alpha value is -4.46. The molecule has 0 bridgehead atoms. The van der Waals surface area contributed by atoms with E-state index in [9.17, 15) is 14.4 Å². The van der Waals surface area contributed by atoms with E-state index in [-0.39, 0.29) is 11.8 Å². The van der Waals surface area contributed by atoms with Gasteiger partial charge in [0, 0.05) is 22.6 Å². The quantitative estimate of drug-likeness (QED) is 0.269. The van der Waals surface area contributed by atoms with Crippen molar-refractivity contribution in [3.05, 3.63) is 89.6 Å². The number of para-hydroxylation sites is 1. The van der Waals surface area contributed by atoms with Crippen molar-refractivity contribution in [1.29, 1.82) is 0 Å². The monoisotopic (exact) mass is 550 g/mol. The maximum atomic E-state index is 13.5. The topological polar surface area (TPSA) is 102 Å². The summed E-state index contributed by atoms with van der Waals surface area (Å²) in [5.74, 6) is -0.576. The van der Waals surface area contributed by atoms with Gasteiger partial charge in [0.25, 0.3) is 5.91 Å². The molecular formula is C33H34N4O4. The third-order valence-electron chi connectivity index (χ3n) is 8.52. The van der Waals surface area contributed by atoms with Crippen LogP contribution in [0.4, 0.5) is 5.69 Å². The SMILES string of the molecule is COC(=O)c1ccc(NC(=O)C2(NC(=O)c3ccc4c(C5CCCCC5)n(-c5ccccc5)nc4c3)CCC2)cc1. The van der Waals surface area contributed by atoms with Gasteiger partial charge >= 0.3 is 5.97 Å². The Bertz CT molecular complexity index is 1580. The van der Waals surface area contributed by atoms with Gasteiger partial charge in [-0.1, -0.05) is 43.5 Å². The number of hydrogen-bond acceptors (Lipinski definition) is 5. The maximum Gasteiger partial charge on any atom is 0.337 e. The Kier molecular flexibility index (Phi) is 7.30. The van der Waals surface area contributed by atoms with E-state index < -0.39 is 11.5 Å². The minimum absolute atomic E-state index is 0.267. The molecule has 0 aliphatic heterocycles. The van der Waals surface area contributed by atoms with Gasteiger partial charge < -0.3 is 15.4 Å². The van der Waals surface area contributed by atoms with Crippen LogP contribution in [0.5, 0.6) is 0 Å². The molecule has 2 fully saturated rings. The molecule has 2 aliphatic carbocycles. The molecule has 210 valence electrons. The highest BCUT2D eigenvalue weighted by molar-refractivity contribution is 6.05. The molecule has 2 amide bonds. The average Bonchev–Trinajstić information content (AvgIpc) is 3.38. The molecule has 1 heterocycles.